The molecule has 4 nitrogen and oxygen atoms in total. The fraction of sp³-hybridized carbons (Fsp3) is 0.133. The molecule has 2 N–H and O–H groups in total. The number of nitrogens with one attached hydrogen (secondary N) is 1. The number of halogens is 3. The summed E-state index contributed by atoms with van der Waals surface area (Å²) in [6.07, 6.45) is -4.46. The van der Waals surface area contributed by atoms with Crippen LogP contribution in [0, 0.1) is 0 Å². The van der Waals surface area contributed by atoms with Crippen LogP contribution in [-0.2, 0) is 6.18 Å². The number of amidine groups is 1. The maximum Gasteiger partial charge on any atom is 0.416 e. The Hall–Kier alpha value is -2.54. The Bertz CT molecular complexity index is 684. The molecule has 0 saturated carbocycles. The van der Waals surface area contributed by atoms with Crippen molar-refractivity contribution in [3.05, 3.63) is 59.7 Å². The molecule has 7 heteroatoms. The van der Waals surface area contributed by atoms with Crippen molar-refractivity contribution >= 4 is 11.5 Å². The standard InChI is InChI=1S/C15H13F3N2O2/c1-22-13-8-3-2-7-12(13)14(20-21)19-11-6-4-5-10(9-11)15(16,17)18/h2-9,21H,1H3,(H,19,20). The lowest BCUT2D eigenvalue weighted by molar-refractivity contribution is -0.137. The van der Waals surface area contributed by atoms with Crippen molar-refractivity contribution in [2.75, 3.05) is 7.11 Å². The Balaban J connectivity index is 2.45. The van der Waals surface area contributed by atoms with Crippen LogP contribution in [0.1, 0.15) is 11.1 Å². The summed E-state index contributed by atoms with van der Waals surface area (Å²) in [7, 11) is 1.44. The number of rotatable bonds is 3. The average Bonchev–Trinajstić information content (AvgIpc) is 2.52. The Labute approximate surface area is 124 Å². The molecule has 116 valence electrons. The zero-order valence-electron chi connectivity index (χ0n) is 11.6. The first-order valence-electron chi connectivity index (χ1n) is 6.25. The number of para-hydroxylation sites is 1. The molecule has 2 aromatic carbocycles. The van der Waals surface area contributed by atoms with Crippen molar-refractivity contribution in [1.82, 2.24) is 5.48 Å². The summed E-state index contributed by atoms with van der Waals surface area (Å²) in [5.74, 6) is 0.409. The summed E-state index contributed by atoms with van der Waals surface area (Å²) in [5, 5.41) is 9.23. The van der Waals surface area contributed by atoms with Crippen LogP contribution >= 0.6 is 0 Å². The van der Waals surface area contributed by atoms with Gasteiger partial charge in [0, 0.05) is 0 Å². The van der Waals surface area contributed by atoms with Gasteiger partial charge in [-0.15, -0.1) is 0 Å². The average molecular weight is 310 g/mol. The first-order chi connectivity index (χ1) is 10.5. The maximum atomic E-state index is 12.7. The SMILES string of the molecule is COc1ccccc1/C(=N\c1cccc(C(F)(F)F)c1)NO. The minimum absolute atomic E-state index is 0.0169. The second-order valence-electron chi connectivity index (χ2n) is 4.32. The van der Waals surface area contributed by atoms with Gasteiger partial charge in [-0.25, -0.2) is 4.99 Å². The lowest BCUT2D eigenvalue weighted by Gasteiger charge is -2.11. The maximum absolute atomic E-state index is 12.7. The summed E-state index contributed by atoms with van der Waals surface area (Å²) >= 11 is 0. The molecule has 0 bridgehead atoms. The van der Waals surface area contributed by atoms with Crippen molar-refractivity contribution in [3.63, 3.8) is 0 Å². The Kier molecular flexibility index (Phi) is 4.67. The minimum atomic E-state index is -4.46. The summed E-state index contributed by atoms with van der Waals surface area (Å²) in [5.41, 5.74) is 1.55. The largest absolute Gasteiger partial charge is 0.496 e. The number of methoxy groups -OCH3 is 1. The molecule has 22 heavy (non-hydrogen) atoms. The van der Waals surface area contributed by atoms with E-state index in [0.29, 0.717) is 11.3 Å². The monoisotopic (exact) mass is 310 g/mol. The van der Waals surface area contributed by atoms with Gasteiger partial charge in [0.15, 0.2) is 5.84 Å². The topological polar surface area (TPSA) is 53.8 Å². The number of hydroxylamine groups is 1. The van der Waals surface area contributed by atoms with Crippen LogP contribution in [0.2, 0.25) is 0 Å². The fourth-order valence-corrected chi connectivity index (χ4v) is 1.87. The summed E-state index contributed by atoms with van der Waals surface area (Å²) in [6, 6.07) is 11.2. The lowest BCUT2D eigenvalue weighted by Crippen LogP contribution is -2.20. The number of hydrogen-bond acceptors (Lipinski definition) is 3. The fourth-order valence-electron chi connectivity index (χ4n) is 1.87. The van der Waals surface area contributed by atoms with Gasteiger partial charge in [0.2, 0.25) is 0 Å². The van der Waals surface area contributed by atoms with Gasteiger partial charge >= 0.3 is 6.18 Å². The molecule has 0 aliphatic carbocycles. The van der Waals surface area contributed by atoms with Gasteiger partial charge in [-0.2, -0.15) is 13.2 Å². The van der Waals surface area contributed by atoms with E-state index in [0.717, 1.165) is 12.1 Å². The molecule has 2 rings (SSSR count). The van der Waals surface area contributed by atoms with Gasteiger partial charge in [0.05, 0.1) is 23.9 Å². The van der Waals surface area contributed by atoms with E-state index in [2.05, 4.69) is 4.99 Å². The minimum Gasteiger partial charge on any atom is -0.496 e. The zero-order chi connectivity index (χ0) is 16.2. The van der Waals surface area contributed by atoms with Crippen LogP contribution in [0.3, 0.4) is 0 Å². The normalized spacial score (nSPS) is 12.1. The predicted molar refractivity (Wildman–Crippen MR) is 75.6 cm³/mol. The summed E-state index contributed by atoms with van der Waals surface area (Å²) in [4.78, 5) is 4.01. The van der Waals surface area contributed by atoms with Crippen LogP contribution < -0.4 is 10.2 Å². The Morgan fingerprint density at radius 3 is 2.50 bits per heavy atom. The Morgan fingerprint density at radius 1 is 1.14 bits per heavy atom. The van der Waals surface area contributed by atoms with E-state index >= 15 is 0 Å². The lowest BCUT2D eigenvalue weighted by atomic mass is 10.1. The number of aliphatic imine (C=N–C) groups is 1. The molecule has 0 amide bonds. The molecule has 0 fully saturated rings. The summed E-state index contributed by atoms with van der Waals surface area (Å²) in [6.45, 7) is 0. The van der Waals surface area contributed by atoms with Crippen LogP contribution in [0.4, 0.5) is 18.9 Å². The van der Waals surface area contributed by atoms with Gasteiger partial charge in [0.25, 0.3) is 0 Å². The van der Waals surface area contributed by atoms with E-state index in [1.807, 2.05) is 5.48 Å². The molecule has 0 unspecified atom stereocenters. The van der Waals surface area contributed by atoms with E-state index in [1.165, 1.54) is 19.2 Å². The van der Waals surface area contributed by atoms with Gasteiger partial charge in [0.1, 0.15) is 5.75 Å². The van der Waals surface area contributed by atoms with Gasteiger partial charge < -0.3 is 4.74 Å². The molecule has 0 spiro atoms. The molecule has 0 aliphatic heterocycles. The number of ether oxygens (including phenoxy) is 1. The number of alkyl halides is 3. The molecule has 2 aromatic rings. The van der Waals surface area contributed by atoms with Gasteiger partial charge in [-0.1, -0.05) is 18.2 Å². The third-order valence-corrected chi connectivity index (χ3v) is 2.88. The molecule has 0 atom stereocenters. The van der Waals surface area contributed by atoms with Crippen molar-refractivity contribution in [1.29, 1.82) is 0 Å². The van der Waals surface area contributed by atoms with E-state index in [1.54, 1.807) is 24.3 Å². The smallest absolute Gasteiger partial charge is 0.416 e. The van der Waals surface area contributed by atoms with Crippen LogP contribution in [0.15, 0.2) is 53.5 Å². The second kappa shape index (κ2) is 6.48. The van der Waals surface area contributed by atoms with Crippen LogP contribution in [0.25, 0.3) is 0 Å². The quantitative estimate of drug-likeness (QED) is 0.515. The highest BCUT2D eigenvalue weighted by atomic mass is 19.4. The molecular weight excluding hydrogens is 297 g/mol. The predicted octanol–water partition coefficient (Wildman–Crippen LogP) is 3.77. The van der Waals surface area contributed by atoms with E-state index < -0.39 is 11.7 Å². The van der Waals surface area contributed by atoms with E-state index in [9.17, 15) is 18.4 Å². The molecule has 0 radical (unpaired) electrons. The highest BCUT2D eigenvalue weighted by molar-refractivity contribution is 6.01. The van der Waals surface area contributed by atoms with E-state index in [-0.39, 0.29) is 11.5 Å². The molecule has 0 aromatic heterocycles. The van der Waals surface area contributed by atoms with Gasteiger partial charge in [-0.05, 0) is 30.3 Å². The zero-order valence-corrected chi connectivity index (χ0v) is 11.6. The number of nitrogens with zero attached hydrogens (tertiary/aromatic N) is 1. The highest BCUT2D eigenvalue weighted by Crippen LogP contribution is 2.31. The van der Waals surface area contributed by atoms with Gasteiger partial charge in [-0.3, -0.25) is 10.7 Å². The number of benzene rings is 2. The van der Waals surface area contributed by atoms with Crippen LogP contribution in [0.5, 0.6) is 5.75 Å². The number of hydrogen-bond donors (Lipinski definition) is 2. The summed E-state index contributed by atoms with van der Waals surface area (Å²) < 4.78 is 43.2. The van der Waals surface area contributed by atoms with Crippen molar-refractivity contribution in [3.8, 4) is 5.75 Å². The molecule has 0 heterocycles. The van der Waals surface area contributed by atoms with E-state index in [4.69, 9.17) is 4.74 Å². The molecule has 0 saturated heterocycles. The molecule has 0 aliphatic rings. The molecular formula is C15H13F3N2O2. The van der Waals surface area contributed by atoms with Crippen molar-refractivity contribution in [2.45, 2.75) is 6.18 Å². The third kappa shape index (κ3) is 3.56. The first kappa shape index (κ1) is 15.8. The highest BCUT2D eigenvalue weighted by Gasteiger charge is 2.30. The first-order valence-corrected chi connectivity index (χ1v) is 6.25. The van der Waals surface area contributed by atoms with Crippen LogP contribution in [-0.4, -0.2) is 18.2 Å². The second-order valence-corrected chi connectivity index (χ2v) is 4.32. The third-order valence-electron chi connectivity index (χ3n) is 2.88. The Morgan fingerprint density at radius 2 is 1.86 bits per heavy atom. The van der Waals surface area contributed by atoms with Crippen molar-refractivity contribution in [2.24, 2.45) is 4.99 Å². The van der Waals surface area contributed by atoms with Crippen molar-refractivity contribution < 1.29 is 23.1 Å².